The fourth-order valence-corrected chi connectivity index (χ4v) is 1.60. The Balaban J connectivity index is 2.99. The molecule has 0 radical (unpaired) electrons. The molecule has 19 heavy (non-hydrogen) atoms. The van der Waals surface area contributed by atoms with E-state index in [-0.39, 0.29) is 5.56 Å². The second kappa shape index (κ2) is 5.40. The summed E-state index contributed by atoms with van der Waals surface area (Å²) in [6, 6.07) is 2.10. The predicted molar refractivity (Wildman–Crippen MR) is 66.9 cm³/mol. The van der Waals surface area contributed by atoms with E-state index in [0.29, 0.717) is 6.07 Å². The lowest BCUT2D eigenvalue weighted by Gasteiger charge is -2.12. The Morgan fingerprint density at radius 3 is 2.21 bits per heavy atom. The van der Waals surface area contributed by atoms with E-state index in [9.17, 15) is 21.8 Å². The molecule has 0 saturated heterocycles. The van der Waals surface area contributed by atoms with E-state index >= 15 is 0 Å². The Labute approximate surface area is 111 Å². The first-order valence-corrected chi connectivity index (χ1v) is 6.45. The summed E-state index contributed by atoms with van der Waals surface area (Å²) < 4.78 is 65.0. The minimum absolute atomic E-state index is 0.134. The predicted octanol–water partition coefficient (Wildman–Crippen LogP) is 3.73. The van der Waals surface area contributed by atoms with Gasteiger partial charge in [-0.1, -0.05) is 0 Å². The highest BCUT2D eigenvalue weighted by Gasteiger charge is 2.31. The van der Waals surface area contributed by atoms with Crippen molar-refractivity contribution in [2.75, 3.05) is 0 Å². The van der Waals surface area contributed by atoms with Crippen molar-refractivity contribution in [1.82, 2.24) is 0 Å². The van der Waals surface area contributed by atoms with E-state index in [1.807, 2.05) is 0 Å². The minimum Gasteiger partial charge on any atom is -0.234 e. The number of benzene rings is 1. The quantitative estimate of drug-likeness (QED) is 0.604. The standard InChI is InChI=1S/C12H13F4NOS/c1-11(2,3)19(18)17-7-8-4-5-9(6-10(8)13)12(14,15)16/h4-7H,1-3H3/b17-7+/t19-/m0/s1. The molecule has 0 amide bonds. The van der Waals surface area contributed by atoms with Crippen LogP contribution in [-0.2, 0) is 17.2 Å². The molecule has 0 aliphatic rings. The molecule has 0 heterocycles. The molecule has 0 aliphatic carbocycles. The van der Waals surface area contributed by atoms with Gasteiger partial charge in [0.2, 0.25) is 0 Å². The van der Waals surface area contributed by atoms with Gasteiger partial charge in [0.15, 0.2) is 0 Å². The third-order valence-electron chi connectivity index (χ3n) is 2.14. The summed E-state index contributed by atoms with van der Waals surface area (Å²) in [7, 11) is -1.59. The van der Waals surface area contributed by atoms with Gasteiger partial charge in [-0.3, -0.25) is 0 Å². The molecule has 1 aromatic rings. The van der Waals surface area contributed by atoms with Crippen LogP contribution in [0.5, 0.6) is 0 Å². The SMILES string of the molecule is CC(C)(C)[S@](=O)/N=C/c1ccc(C(F)(F)F)cc1F. The van der Waals surface area contributed by atoms with Crippen LogP contribution in [0.1, 0.15) is 31.9 Å². The van der Waals surface area contributed by atoms with Crippen molar-refractivity contribution < 1.29 is 21.8 Å². The molecule has 0 bridgehead atoms. The first kappa shape index (κ1) is 15.8. The summed E-state index contributed by atoms with van der Waals surface area (Å²) in [5.74, 6) is -1.05. The maximum atomic E-state index is 13.4. The molecule has 0 saturated carbocycles. The van der Waals surface area contributed by atoms with Crippen LogP contribution in [0.15, 0.2) is 22.6 Å². The number of nitrogens with zero attached hydrogens (tertiary/aromatic N) is 1. The lowest BCUT2D eigenvalue weighted by molar-refractivity contribution is -0.137. The van der Waals surface area contributed by atoms with E-state index in [2.05, 4.69) is 4.40 Å². The average molecular weight is 295 g/mol. The summed E-state index contributed by atoms with van der Waals surface area (Å²) in [6.45, 7) is 5.05. The van der Waals surface area contributed by atoms with Gasteiger partial charge < -0.3 is 0 Å². The molecule has 0 fully saturated rings. The smallest absolute Gasteiger partial charge is 0.234 e. The maximum absolute atomic E-state index is 13.4. The lowest BCUT2D eigenvalue weighted by atomic mass is 10.1. The van der Waals surface area contributed by atoms with Gasteiger partial charge >= 0.3 is 6.18 Å². The van der Waals surface area contributed by atoms with Crippen molar-refractivity contribution in [3.63, 3.8) is 0 Å². The first-order chi connectivity index (χ1) is 8.51. The van der Waals surface area contributed by atoms with Crippen molar-refractivity contribution in [3.8, 4) is 0 Å². The third kappa shape index (κ3) is 4.41. The summed E-state index contributed by atoms with van der Waals surface area (Å²) in [5.41, 5.74) is -1.20. The van der Waals surface area contributed by atoms with E-state index in [1.165, 1.54) is 0 Å². The second-order valence-corrected chi connectivity index (χ2v) is 6.76. The summed E-state index contributed by atoms with van der Waals surface area (Å²) >= 11 is 0. The molecule has 0 spiro atoms. The molecular weight excluding hydrogens is 282 g/mol. The molecule has 0 N–H and O–H groups in total. The summed E-state index contributed by atoms with van der Waals surface area (Å²) in [5, 5.41) is 0. The van der Waals surface area contributed by atoms with Crippen LogP contribution >= 0.6 is 0 Å². The van der Waals surface area contributed by atoms with E-state index < -0.39 is 33.3 Å². The van der Waals surface area contributed by atoms with Gasteiger partial charge in [0.1, 0.15) is 16.8 Å². The normalized spacial score (nSPS) is 14.9. The third-order valence-corrected chi connectivity index (χ3v) is 3.48. The zero-order chi connectivity index (χ0) is 14.8. The van der Waals surface area contributed by atoms with Crippen molar-refractivity contribution in [2.24, 2.45) is 4.40 Å². The molecule has 0 aliphatic heterocycles. The van der Waals surface area contributed by atoms with Crippen LogP contribution in [0.25, 0.3) is 0 Å². The van der Waals surface area contributed by atoms with Crippen LogP contribution in [0, 0.1) is 5.82 Å². The van der Waals surface area contributed by atoms with Crippen molar-refractivity contribution in [2.45, 2.75) is 31.7 Å². The highest BCUT2D eigenvalue weighted by atomic mass is 32.2. The van der Waals surface area contributed by atoms with Crippen molar-refractivity contribution in [3.05, 3.63) is 35.1 Å². The van der Waals surface area contributed by atoms with Crippen LogP contribution in [0.4, 0.5) is 17.6 Å². The van der Waals surface area contributed by atoms with Gasteiger partial charge in [-0.2, -0.15) is 17.6 Å². The fourth-order valence-electron chi connectivity index (χ4n) is 1.07. The summed E-state index contributed by atoms with van der Waals surface area (Å²) in [6.07, 6.45) is -3.61. The Bertz CT molecular complexity index is 517. The van der Waals surface area contributed by atoms with Gasteiger partial charge in [-0.05, 0) is 39.0 Å². The number of alkyl halides is 3. The van der Waals surface area contributed by atoms with E-state index in [1.54, 1.807) is 20.8 Å². The van der Waals surface area contributed by atoms with E-state index in [4.69, 9.17) is 0 Å². The Kier molecular flexibility index (Phi) is 4.50. The minimum atomic E-state index is -4.59. The first-order valence-electron chi connectivity index (χ1n) is 5.34. The van der Waals surface area contributed by atoms with Crippen LogP contribution in [-0.4, -0.2) is 15.2 Å². The number of hydrogen-bond acceptors (Lipinski definition) is 1. The number of hydrogen-bond donors (Lipinski definition) is 0. The monoisotopic (exact) mass is 295 g/mol. The van der Waals surface area contributed by atoms with Gasteiger partial charge in [0.05, 0.1) is 10.3 Å². The molecular formula is C12H13F4NOS. The lowest BCUT2D eigenvalue weighted by Crippen LogP contribution is -2.19. The molecule has 2 nitrogen and oxygen atoms in total. The molecule has 1 aromatic carbocycles. The average Bonchev–Trinajstić information content (AvgIpc) is 2.24. The molecule has 1 atom stereocenters. The zero-order valence-corrected chi connectivity index (χ0v) is 11.4. The van der Waals surface area contributed by atoms with Crippen LogP contribution in [0.2, 0.25) is 0 Å². The summed E-state index contributed by atoms with van der Waals surface area (Å²) in [4.78, 5) is 0. The highest BCUT2D eigenvalue weighted by molar-refractivity contribution is 7.85. The second-order valence-electron chi connectivity index (χ2n) is 4.83. The Morgan fingerprint density at radius 2 is 1.79 bits per heavy atom. The zero-order valence-electron chi connectivity index (χ0n) is 10.6. The maximum Gasteiger partial charge on any atom is 0.416 e. The van der Waals surface area contributed by atoms with Gasteiger partial charge in [-0.25, -0.2) is 8.60 Å². The molecule has 7 heteroatoms. The Morgan fingerprint density at radius 1 is 1.21 bits per heavy atom. The van der Waals surface area contributed by atoms with Crippen molar-refractivity contribution in [1.29, 1.82) is 0 Å². The Hall–Kier alpha value is -1.24. The molecule has 0 aromatic heterocycles. The van der Waals surface area contributed by atoms with Gasteiger partial charge in [-0.15, -0.1) is 0 Å². The highest BCUT2D eigenvalue weighted by Crippen LogP contribution is 2.30. The number of halogens is 4. The van der Waals surface area contributed by atoms with E-state index in [0.717, 1.165) is 18.3 Å². The molecule has 106 valence electrons. The number of rotatable bonds is 2. The largest absolute Gasteiger partial charge is 0.416 e. The van der Waals surface area contributed by atoms with Crippen LogP contribution < -0.4 is 0 Å². The van der Waals surface area contributed by atoms with Gasteiger partial charge in [0, 0.05) is 11.8 Å². The van der Waals surface area contributed by atoms with Gasteiger partial charge in [0.25, 0.3) is 0 Å². The molecule has 0 unspecified atom stereocenters. The fraction of sp³-hybridized carbons (Fsp3) is 0.417. The van der Waals surface area contributed by atoms with Crippen molar-refractivity contribution >= 4 is 17.2 Å². The van der Waals surface area contributed by atoms with Crippen LogP contribution in [0.3, 0.4) is 0 Å². The topological polar surface area (TPSA) is 29.4 Å². The molecule has 1 rings (SSSR count).